The minimum atomic E-state index is 0.0759. The Bertz CT molecular complexity index is 268. The average Bonchev–Trinajstić information content (AvgIpc) is 2.47. The summed E-state index contributed by atoms with van der Waals surface area (Å²) < 4.78 is 5.06. The van der Waals surface area contributed by atoms with Crippen molar-refractivity contribution in [3.8, 4) is 0 Å². The van der Waals surface area contributed by atoms with Crippen molar-refractivity contribution >= 4 is 5.91 Å². The highest BCUT2D eigenvalue weighted by molar-refractivity contribution is 5.78. The van der Waals surface area contributed by atoms with Crippen LogP contribution < -0.4 is 0 Å². The van der Waals surface area contributed by atoms with Gasteiger partial charge in [-0.25, -0.2) is 0 Å². The number of hydrogen-bond donors (Lipinski definition) is 1. The number of carbonyl (C=O) groups is 1. The quantitative estimate of drug-likeness (QED) is 0.690. The number of amides is 1. The first-order valence-electron chi connectivity index (χ1n) is 7.84. The highest BCUT2D eigenvalue weighted by Crippen LogP contribution is 2.22. The molecule has 0 radical (unpaired) electrons. The summed E-state index contributed by atoms with van der Waals surface area (Å²) >= 11 is 0. The van der Waals surface area contributed by atoms with E-state index in [0.717, 1.165) is 19.4 Å². The number of aliphatic hydroxyl groups excluding tert-OH is 1. The maximum atomic E-state index is 12.5. The van der Waals surface area contributed by atoms with Gasteiger partial charge in [-0.3, -0.25) is 9.69 Å². The zero-order valence-corrected chi connectivity index (χ0v) is 13.0. The summed E-state index contributed by atoms with van der Waals surface area (Å²) in [6, 6.07) is 0.416. The Morgan fingerprint density at radius 1 is 1.25 bits per heavy atom. The van der Waals surface area contributed by atoms with Crippen LogP contribution in [-0.2, 0) is 9.53 Å². The van der Waals surface area contributed by atoms with Gasteiger partial charge in [-0.15, -0.1) is 0 Å². The number of methoxy groups -OCH3 is 1. The van der Waals surface area contributed by atoms with Gasteiger partial charge in [0.15, 0.2) is 0 Å². The van der Waals surface area contributed by atoms with Crippen LogP contribution in [0.1, 0.15) is 39.0 Å². The molecule has 0 spiro atoms. The van der Waals surface area contributed by atoms with Gasteiger partial charge in [0.05, 0.1) is 19.8 Å². The predicted molar refractivity (Wildman–Crippen MR) is 79.7 cm³/mol. The highest BCUT2D eigenvalue weighted by Gasteiger charge is 2.25. The van der Waals surface area contributed by atoms with E-state index in [-0.39, 0.29) is 12.5 Å². The Hall–Kier alpha value is -0.650. The standard InChI is InChI=1S/C15H30N2O3/c1-3-17(14-7-5-4-6-8-14)15(19)13-16(9-11-18)10-12-20-2/h14,18H,3-13H2,1-2H3. The molecule has 1 aliphatic rings. The molecule has 5 nitrogen and oxygen atoms in total. The third-order valence-corrected chi connectivity index (χ3v) is 4.06. The van der Waals surface area contributed by atoms with Gasteiger partial charge >= 0.3 is 0 Å². The monoisotopic (exact) mass is 286 g/mol. The number of carbonyl (C=O) groups excluding carboxylic acids is 1. The molecule has 0 aromatic heterocycles. The summed E-state index contributed by atoms with van der Waals surface area (Å²) in [5.74, 6) is 0.184. The summed E-state index contributed by atoms with van der Waals surface area (Å²) in [5, 5.41) is 9.09. The summed E-state index contributed by atoms with van der Waals surface area (Å²) in [4.78, 5) is 16.5. The number of nitrogens with zero attached hydrogens (tertiary/aromatic N) is 2. The second kappa shape index (κ2) is 10.1. The molecule has 1 N–H and O–H groups in total. The Kier molecular flexibility index (Phi) is 8.82. The van der Waals surface area contributed by atoms with E-state index in [2.05, 4.69) is 6.92 Å². The van der Waals surface area contributed by atoms with Crippen molar-refractivity contribution in [3.63, 3.8) is 0 Å². The summed E-state index contributed by atoms with van der Waals surface area (Å²) in [6.07, 6.45) is 6.04. The minimum absolute atomic E-state index is 0.0759. The van der Waals surface area contributed by atoms with Gasteiger partial charge in [0, 0.05) is 32.8 Å². The third-order valence-electron chi connectivity index (χ3n) is 4.06. The fourth-order valence-electron chi connectivity index (χ4n) is 2.94. The second-order valence-electron chi connectivity index (χ2n) is 5.46. The van der Waals surface area contributed by atoms with E-state index in [4.69, 9.17) is 9.84 Å². The van der Waals surface area contributed by atoms with Gasteiger partial charge in [0.25, 0.3) is 0 Å². The first-order chi connectivity index (χ1) is 9.72. The van der Waals surface area contributed by atoms with Crippen molar-refractivity contribution in [2.45, 2.75) is 45.1 Å². The number of ether oxygens (including phenoxy) is 1. The van der Waals surface area contributed by atoms with Crippen LogP contribution in [0.3, 0.4) is 0 Å². The maximum Gasteiger partial charge on any atom is 0.236 e. The molecular formula is C15H30N2O3. The van der Waals surface area contributed by atoms with E-state index in [1.165, 1.54) is 19.3 Å². The van der Waals surface area contributed by atoms with E-state index >= 15 is 0 Å². The molecule has 118 valence electrons. The molecule has 1 amide bonds. The van der Waals surface area contributed by atoms with E-state index in [1.54, 1.807) is 7.11 Å². The van der Waals surface area contributed by atoms with Crippen LogP contribution in [-0.4, -0.2) is 73.4 Å². The lowest BCUT2D eigenvalue weighted by Gasteiger charge is -2.35. The van der Waals surface area contributed by atoms with Crippen LogP contribution in [0.15, 0.2) is 0 Å². The van der Waals surface area contributed by atoms with Crippen LogP contribution in [0.5, 0.6) is 0 Å². The van der Waals surface area contributed by atoms with Gasteiger partial charge in [-0.1, -0.05) is 19.3 Å². The van der Waals surface area contributed by atoms with Gasteiger partial charge in [-0.05, 0) is 19.8 Å². The fraction of sp³-hybridized carbons (Fsp3) is 0.933. The lowest BCUT2D eigenvalue weighted by atomic mass is 9.94. The molecule has 20 heavy (non-hydrogen) atoms. The normalized spacial score (nSPS) is 16.6. The van der Waals surface area contributed by atoms with Crippen molar-refractivity contribution in [3.05, 3.63) is 0 Å². The Morgan fingerprint density at radius 2 is 1.95 bits per heavy atom. The Morgan fingerprint density at radius 3 is 2.50 bits per heavy atom. The van der Waals surface area contributed by atoms with Gasteiger partial charge in [-0.2, -0.15) is 0 Å². The molecule has 1 saturated carbocycles. The molecule has 0 aliphatic heterocycles. The largest absolute Gasteiger partial charge is 0.395 e. The van der Waals surface area contributed by atoms with E-state index in [1.807, 2.05) is 9.80 Å². The first kappa shape index (κ1) is 17.4. The fourth-order valence-corrected chi connectivity index (χ4v) is 2.94. The number of aliphatic hydroxyl groups is 1. The van der Waals surface area contributed by atoms with Gasteiger partial charge in [0.2, 0.25) is 5.91 Å². The van der Waals surface area contributed by atoms with Crippen molar-refractivity contribution in [2.75, 3.05) is 46.5 Å². The van der Waals surface area contributed by atoms with Crippen molar-refractivity contribution in [1.29, 1.82) is 0 Å². The van der Waals surface area contributed by atoms with Crippen LogP contribution >= 0.6 is 0 Å². The van der Waals surface area contributed by atoms with Gasteiger partial charge < -0.3 is 14.7 Å². The summed E-state index contributed by atoms with van der Waals surface area (Å²) in [5.41, 5.74) is 0. The highest BCUT2D eigenvalue weighted by atomic mass is 16.5. The zero-order chi connectivity index (χ0) is 14.8. The summed E-state index contributed by atoms with van der Waals surface area (Å²) in [7, 11) is 1.65. The van der Waals surface area contributed by atoms with Crippen LogP contribution in [0.25, 0.3) is 0 Å². The van der Waals surface area contributed by atoms with Crippen LogP contribution in [0, 0.1) is 0 Å². The van der Waals surface area contributed by atoms with Crippen LogP contribution in [0.2, 0.25) is 0 Å². The molecular weight excluding hydrogens is 256 g/mol. The number of rotatable bonds is 9. The second-order valence-corrected chi connectivity index (χ2v) is 5.46. The molecule has 0 aromatic rings. The molecule has 1 rings (SSSR count). The van der Waals surface area contributed by atoms with Crippen LogP contribution in [0.4, 0.5) is 0 Å². The Balaban J connectivity index is 2.50. The first-order valence-corrected chi connectivity index (χ1v) is 7.84. The van der Waals surface area contributed by atoms with E-state index in [0.29, 0.717) is 32.3 Å². The minimum Gasteiger partial charge on any atom is -0.395 e. The van der Waals surface area contributed by atoms with Crippen molar-refractivity contribution < 1.29 is 14.6 Å². The molecule has 0 heterocycles. The third kappa shape index (κ3) is 5.77. The SMILES string of the molecule is CCN(C(=O)CN(CCO)CCOC)C1CCCCC1. The molecule has 0 bridgehead atoms. The molecule has 0 unspecified atom stereocenters. The Labute approximate surface area is 122 Å². The summed E-state index contributed by atoms with van der Waals surface area (Å²) in [6.45, 7) is 5.09. The number of hydrogen-bond acceptors (Lipinski definition) is 4. The predicted octanol–water partition coefficient (Wildman–Crippen LogP) is 1.11. The van der Waals surface area contributed by atoms with Crippen molar-refractivity contribution in [1.82, 2.24) is 9.80 Å². The van der Waals surface area contributed by atoms with Gasteiger partial charge in [0.1, 0.15) is 0 Å². The molecule has 5 heteroatoms. The topological polar surface area (TPSA) is 53.0 Å². The molecule has 0 saturated heterocycles. The lowest BCUT2D eigenvalue weighted by molar-refractivity contribution is -0.135. The number of likely N-dealkylation sites (N-methyl/N-ethyl adjacent to an activating group) is 1. The molecule has 0 atom stereocenters. The lowest BCUT2D eigenvalue weighted by Crippen LogP contribution is -2.47. The maximum absolute atomic E-state index is 12.5. The molecule has 0 aromatic carbocycles. The smallest absolute Gasteiger partial charge is 0.236 e. The molecule has 1 aliphatic carbocycles. The van der Waals surface area contributed by atoms with E-state index < -0.39 is 0 Å². The average molecular weight is 286 g/mol. The van der Waals surface area contributed by atoms with E-state index in [9.17, 15) is 4.79 Å². The molecule has 1 fully saturated rings. The van der Waals surface area contributed by atoms with Crippen molar-refractivity contribution in [2.24, 2.45) is 0 Å². The zero-order valence-electron chi connectivity index (χ0n) is 13.0.